The molecule has 6 rings (SSSR count). The van der Waals surface area contributed by atoms with Crippen molar-refractivity contribution in [3.8, 4) is 33.6 Å². The molecule has 14 heteroatoms. The highest BCUT2D eigenvalue weighted by atomic mass is 16.6. The number of imidazole rings is 2. The number of hydrogen-bond donors (Lipinski definition) is 4. The Kier molecular flexibility index (Phi) is 14.3. The summed E-state index contributed by atoms with van der Waals surface area (Å²) in [7, 11) is 0. The van der Waals surface area contributed by atoms with Crippen LogP contribution in [0.2, 0.25) is 0 Å². The zero-order valence-corrected chi connectivity index (χ0v) is 36.3. The summed E-state index contributed by atoms with van der Waals surface area (Å²) in [5.74, 6) is 1.37. The minimum Gasteiger partial charge on any atom is -0.449 e. The lowest BCUT2D eigenvalue weighted by Gasteiger charge is -2.30. The van der Waals surface area contributed by atoms with Crippen LogP contribution in [0.5, 0.6) is 0 Å². The molecular formula is C46H62N8O6. The molecule has 2 aliphatic rings. The van der Waals surface area contributed by atoms with Gasteiger partial charge in [-0.25, -0.2) is 19.6 Å². The van der Waals surface area contributed by atoms with Gasteiger partial charge in [0.15, 0.2) is 0 Å². The predicted molar refractivity (Wildman–Crippen MR) is 230 cm³/mol. The molecule has 4 N–H and O–H groups in total. The Morgan fingerprint density at radius 3 is 1.28 bits per heavy atom. The number of alkyl carbamates (subject to hydrolysis) is 2. The summed E-state index contributed by atoms with van der Waals surface area (Å²) < 4.78 is 10.6. The quantitative estimate of drug-likeness (QED) is 0.0927. The van der Waals surface area contributed by atoms with Gasteiger partial charge in [-0.2, -0.15) is 0 Å². The van der Waals surface area contributed by atoms with Crippen LogP contribution in [-0.4, -0.2) is 92.1 Å². The van der Waals surface area contributed by atoms with E-state index >= 15 is 0 Å². The number of rotatable bonds is 15. The highest BCUT2D eigenvalue weighted by Crippen LogP contribution is 2.35. The first-order valence-electron chi connectivity index (χ1n) is 21.5. The van der Waals surface area contributed by atoms with Gasteiger partial charge >= 0.3 is 12.2 Å². The second kappa shape index (κ2) is 19.6. The smallest absolute Gasteiger partial charge is 0.407 e. The zero-order valence-electron chi connectivity index (χ0n) is 36.3. The van der Waals surface area contributed by atoms with Crippen LogP contribution in [0.25, 0.3) is 33.6 Å². The summed E-state index contributed by atoms with van der Waals surface area (Å²) in [5.41, 5.74) is 5.79. The van der Waals surface area contributed by atoms with Gasteiger partial charge in [-0.15, -0.1) is 0 Å². The number of H-pyrrole nitrogens is 2. The Bertz CT molecular complexity index is 1920. The number of ether oxygens (including phenoxy) is 2. The van der Waals surface area contributed by atoms with Crippen LogP contribution in [0.4, 0.5) is 9.59 Å². The lowest BCUT2D eigenvalue weighted by atomic mass is 10.0. The first-order chi connectivity index (χ1) is 28.7. The Morgan fingerprint density at radius 2 is 0.950 bits per heavy atom. The Labute approximate surface area is 353 Å². The summed E-state index contributed by atoms with van der Waals surface area (Å²) in [4.78, 5) is 72.5. The van der Waals surface area contributed by atoms with Gasteiger partial charge in [-0.05, 0) is 71.6 Å². The standard InChI is InChI=1S/C46H62N8O6/c1-27(2)25-59-45(57)51-39(29(5)6)43(55)53-21-9-11-37(53)41-47-23-35(49-41)33-17-13-31(14-18-33)32-15-19-34(20-16-32)36-24-48-42(50-36)38-12-10-22-54(38)44(56)40(30(7)8)52-46(58)60-26-28(3)4/h13-20,23-24,27-30,37-40H,9-12,21-22,25-26H2,1-8H3,(H,47,49)(H,48,50)(H,51,57)(H,52,58). The second-order valence-corrected chi connectivity index (χ2v) is 17.6. The maximum atomic E-state index is 13.8. The SMILES string of the molecule is CC(C)COC(=O)NC(C(=O)N1CCCC1c1ncc(-c2ccc(-c3ccc(-c4cnc(C5CCCN5C(=O)C(NC(=O)OCC(C)C)C(C)C)[nH]4)cc3)cc2)[nH]1)C(C)C. The number of aromatic nitrogens is 4. The predicted octanol–water partition coefficient (Wildman–Crippen LogP) is 8.27. The number of aromatic amines is 2. The molecule has 4 atom stereocenters. The van der Waals surface area contributed by atoms with E-state index in [1.807, 2.05) is 77.6 Å². The molecule has 0 bridgehead atoms. The molecule has 4 amide bonds. The number of hydrogen-bond acceptors (Lipinski definition) is 8. The number of likely N-dealkylation sites (tertiary alicyclic amines) is 2. The van der Waals surface area contributed by atoms with Gasteiger partial charge in [-0.1, -0.05) is 104 Å². The molecule has 0 radical (unpaired) electrons. The molecule has 2 aliphatic heterocycles. The highest BCUT2D eigenvalue weighted by molar-refractivity contribution is 5.87. The van der Waals surface area contributed by atoms with Crippen LogP contribution in [-0.2, 0) is 19.1 Å². The van der Waals surface area contributed by atoms with E-state index in [0.29, 0.717) is 26.3 Å². The fraction of sp³-hybridized carbons (Fsp3) is 0.522. The van der Waals surface area contributed by atoms with Crippen molar-refractivity contribution in [1.29, 1.82) is 0 Å². The van der Waals surface area contributed by atoms with Crippen molar-refractivity contribution < 1.29 is 28.7 Å². The largest absolute Gasteiger partial charge is 0.449 e. The molecule has 322 valence electrons. The number of carbonyl (C=O) groups is 4. The Morgan fingerprint density at radius 1 is 0.600 bits per heavy atom. The molecule has 2 fully saturated rings. The molecule has 0 saturated carbocycles. The van der Waals surface area contributed by atoms with Crippen molar-refractivity contribution in [1.82, 2.24) is 40.4 Å². The normalized spacial score (nSPS) is 17.7. The van der Waals surface area contributed by atoms with Gasteiger partial charge in [0, 0.05) is 13.1 Å². The molecule has 4 aromatic rings. The van der Waals surface area contributed by atoms with Crippen molar-refractivity contribution in [3.05, 3.63) is 72.6 Å². The number of nitrogens with one attached hydrogen (secondary N) is 4. The van der Waals surface area contributed by atoms with Gasteiger partial charge in [-0.3, -0.25) is 9.59 Å². The van der Waals surface area contributed by atoms with E-state index in [-0.39, 0.29) is 47.6 Å². The van der Waals surface area contributed by atoms with Crippen LogP contribution in [0.15, 0.2) is 60.9 Å². The molecule has 0 aliphatic carbocycles. The lowest BCUT2D eigenvalue weighted by molar-refractivity contribution is -0.136. The van der Waals surface area contributed by atoms with E-state index in [1.54, 1.807) is 0 Å². The van der Waals surface area contributed by atoms with Crippen LogP contribution in [0.1, 0.15) is 105 Å². The molecule has 4 unspecified atom stereocenters. The average Bonchev–Trinajstić information content (AvgIpc) is 4.07. The van der Waals surface area contributed by atoms with E-state index in [4.69, 9.17) is 19.4 Å². The lowest BCUT2D eigenvalue weighted by Crippen LogP contribution is -2.51. The Hall–Kier alpha value is -5.66. The third-order valence-corrected chi connectivity index (χ3v) is 11.1. The van der Waals surface area contributed by atoms with E-state index in [1.165, 1.54) is 0 Å². The van der Waals surface area contributed by atoms with Crippen LogP contribution >= 0.6 is 0 Å². The molecule has 60 heavy (non-hydrogen) atoms. The van der Waals surface area contributed by atoms with E-state index in [9.17, 15) is 19.2 Å². The first-order valence-corrected chi connectivity index (χ1v) is 21.5. The summed E-state index contributed by atoms with van der Waals surface area (Å²) in [6.45, 7) is 17.3. The Balaban J connectivity index is 1.08. The topological polar surface area (TPSA) is 175 Å². The molecule has 14 nitrogen and oxygen atoms in total. The molecule has 2 saturated heterocycles. The van der Waals surface area contributed by atoms with Crippen molar-refractivity contribution in [2.75, 3.05) is 26.3 Å². The van der Waals surface area contributed by atoms with Crippen molar-refractivity contribution in [3.63, 3.8) is 0 Å². The van der Waals surface area contributed by atoms with Gasteiger partial charge in [0.2, 0.25) is 11.8 Å². The van der Waals surface area contributed by atoms with Crippen LogP contribution < -0.4 is 10.6 Å². The molecule has 0 spiro atoms. The third-order valence-electron chi connectivity index (χ3n) is 11.1. The monoisotopic (exact) mass is 822 g/mol. The second-order valence-electron chi connectivity index (χ2n) is 17.6. The van der Waals surface area contributed by atoms with Crippen molar-refractivity contribution in [2.24, 2.45) is 23.7 Å². The van der Waals surface area contributed by atoms with Gasteiger partial charge in [0.1, 0.15) is 23.7 Å². The summed E-state index contributed by atoms with van der Waals surface area (Å²) in [5, 5.41) is 5.60. The minimum absolute atomic E-state index is 0.112. The number of carbonyl (C=O) groups excluding carboxylic acids is 4. The van der Waals surface area contributed by atoms with Gasteiger partial charge in [0.05, 0.1) is 49.1 Å². The molecule has 2 aromatic heterocycles. The maximum Gasteiger partial charge on any atom is 0.407 e. The highest BCUT2D eigenvalue weighted by Gasteiger charge is 2.39. The summed E-state index contributed by atoms with van der Waals surface area (Å²) in [6, 6.07) is 14.7. The van der Waals surface area contributed by atoms with Crippen LogP contribution in [0, 0.1) is 23.7 Å². The number of benzene rings is 2. The van der Waals surface area contributed by atoms with Gasteiger partial charge in [0.25, 0.3) is 0 Å². The van der Waals surface area contributed by atoms with Crippen molar-refractivity contribution >= 4 is 24.0 Å². The number of nitrogens with zero attached hydrogens (tertiary/aromatic N) is 4. The molecular weight excluding hydrogens is 761 g/mol. The van der Waals surface area contributed by atoms with Crippen LogP contribution in [0.3, 0.4) is 0 Å². The summed E-state index contributed by atoms with van der Waals surface area (Å²) >= 11 is 0. The fourth-order valence-electron chi connectivity index (χ4n) is 7.83. The molecule has 4 heterocycles. The van der Waals surface area contributed by atoms with Crippen molar-refractivity contribution in [2.45, 2.75) is 105 Å². The first kappa shape index (κ1) is 43.9. The zero-order chi connectivity index (χ0) is 43.1. The van der Waals surface area contributed by atoms with E-state index in [0.717, 1.165) is 71.0 Å². The van der Waals surface area contributed by atoms with E-state index < -0.39 is 24.3 Å². The minimum atomic E-state index is -0.695. The number of amides is 4. The van der Waals surface area contributed by atoms with E-state index in [2.05, 4.69) is 69.1 Å². The van der Waals surface area contributed by atoms with Gasteiger partial charge < -0.3 is 39.9 Å². The molecule has 2 aromatic carbocycles. The summed E-state index contributed by atoms with van der Waals surface area (Å²) in [6.07, 6.45) is 5.73. The fourth-order valence-corrected chi connectivity index (χ4v) is 7.83. The average molecular weight is 823 g/mol. The maximum absolute atomic E-state index is 13.8. The third kappa shape index (κ3) is 10.6.